The minimum atomic E-state index is -0.101. The van der Waals surface area contributed by atoms with E-state index in [4.69, 9.17) is 4.98 Å². The van der Waals surface area contributed by atoms with Gasteiger partial charge in [-0.2, -0.15) is 0 Å². The third kappa shape index (κ3) is 4.61. The predicted molar refractivity (Wildman–Crippen MR) is 124 cm³/mol. The van der Waals surface area contributed by atoms with Gasteiger partial charge in [-0.3, -0.25) is 9.69 Å². The number of aromatic nitrogens is 4. The lowest BCUT2D eigenvalue weighted by molar-refractivity contribution is 0.0949. The van der Waals surface area contributed by atoms with Crippen molar-refractivity contribution < 1.29 is 4.79 Å². The fourth-order valence-corrected chi connectivity index (χ4v) is 4.73. The van der Waals surface area contributed by atoms with Crippen LogP contribution in [0.4, 0.5) is 0 Å². The van der Waals surface area contributed by atoms with Crippen molar-refractivity contribution in [2.24, 2.45) is 0 Å². The standard InChI is InChI=1S/C24H24N6OS/c31-24(19-9-5-2-6-10-19)25-15-22-28-27-21-11-12-29(13-14-30(21)22)16-23-26-20(17-32-23)18-7-3-1-4-8-18/h1-10,17H,11-16H2,(H,25,31). The van der Waals surface area contributed by atoms with Gasteiger partial charge < -0.3 is 9.88 Å². The summed E-state index contributed by atoms with van der Waals surface area (Å²) >= 11 is 1.71. The molecule has 0 saturated heterocycles. The lowest BCUT2D eigenvalue weighted by atomic mass is 10.2. The summed E-state index contributed by atoms with van der Waals surface area (Å²) in [4.78, 5) is 19.6. The Kier molecular flexibility index (Phi) is 6.04. The van der Waals surface area contributed by atoms with Crippen LogP contribution in [0.2, 0.25) is 0 Å². The molecule has 1 aliphatic heterocycles. The van der Waals surface area contributed by atoms with Crippen LogP contribution in [0.3, 0.4) is 0 Å². The van der Waals surface area contributed by atoms with E-state index in [0.29, 0.717) is 12.1 Å². The Morgan fingerprint density at radius 1 is 0.969 bits per heavy atom. The highest BCUT2D eigenvalue weighted by Crippen LogP contribution is 2.23. The molecule has 32 heavy (non-hydrogen) atoms. The van der Waals surface area contributed by atoms with Gasteiger partial charge in [0, 0.05) is 42.6 Å². The Labute approximate surface area is 190 Å². The van der Waals surface area contributed by atoms with Gasteiger partial charge in [-0.1, -0.05) is 48.5 Å². The molecule has 1 N–H and O–H groups in total. The van der Waals surface area contributed by atoms with Crippen LogP contribution in [0, 0.1) is 0 Å². The number of carbonyl (C=O) groups excluding carboxylic acids is 1. The molecular formula is C24H24N6OS. The summed E-state index contributed by atoms with van der Waals surface area (Å²) in [5, 5.41) is 14.9. The molecule has 0 unspecified atom stereocenters. The van der Waals surface area contributed by atoms with Gasteiger partial charge in [-0.15, -0.1) is 21.5 Å². The van der Waals surface area contributed by atoms with Crippen LogP contribution in [0.5, 0.6) is 0 Å². The fraction of sp³-hybridized carbons (Fsp3) is 0.250. The number of carbonyl (C=O) groups is 1. The van der Waals surface area contributed by atoms with Crippen molar-refractivity contribution in [1.29, 1.82) is 0 Å². The smallest absolute Gasteiger partial charge is 0.251 e. The maximum absolute atomic E-state index is 12.4. The van der Waals surface area contributed by atoms with E-state index in [-0.39, 0.29) is 5.91 Å². The molecule has 7 nitrogen and oxygen atoms in total. The molecule has 0 atom stereocenters. The Bertz CT molecular complexity index is 1190. The van der Waals surface area contributed by atoms with Gasteiger partial charge in [-0.05, 0) is 12.1 Å². The first kappa shape index (κ1) is 20.5. The number of rotatable bonds is 6. The summed E-state index contributed by atoms with van der Waals surface area (Å²) in [6.45, 7) is 3.80. The zero-order valence-electron chi connectivity index (χ0n) is 17.6. The van der Waals surface area contributed by atoms with Crippen LogP contribution in [0.1, 0.15) is 27.0 Å². The van der Waals surface area contributed by atoms with E-state index in [0.717, 1.165) is 60.5 Å². The highest BCUT2D eigenvalue weighted by Gasteiger charge is 2.20. The average molecular weight is 445 g/mol. The Balaban J connectivity index is 1.19. The molecule has 0 fully saturated rings. The number of hydrogen-bond acceptors (Lipinski definition) is 6. The molecule has 0 radical (unpaired) electrons. The van der Waals surface area contributed by atoms with Crippen LogP contribution in [-0.2, 0) is 26.1 Å². The maximum atomic E-state index is 12.4. The largest absolute Gasteiger partial charge is 0.345 e. The highest BCUT2D eigenvalue weighted by molar-refractivity contribution is 7.09. The van der Waals surface area contributed by atoms with Crippen LogP contribution in [0.15, 0.2) is 66.0 Å². The van der Waals surface area contributed by atoms with Gasteiger partial charge in [0.25, 0.3) is 5.91 Å². The summed E-state index contributed by atoms with van der Waals surface area (Å²) in [5.41, 5.74) is 2.83. The van der Waals surface area contributed by atoms with Crippen molar-refractivity contribution in [3.05, 3.63) is 88.3 Å². The third-order valence-corrected chi connectivity index (χ3v) is 6.45. The molecule has 0 bridgehead atoms. The first-order valence-corrected chi connectivity index (χ1v) is 11.6. The summed E-state index contributed by atoms with van der Waals surface area (Å²) in [6, 6.07) is 19.5. The van der Waals surface area contributed by atoms with E-state index in [1.165, 1.54) is 0 Å². The molecule has 0 saturated carbocycles. The molecule has 0 aliphatic carbocycles. The minimum Gasteiger partial charge on any atom is -0.345 e. The Morgan fingerprint density at radius 3 is 2.56 bits per heavy atom. The second kappa shape index (κ2) is 9.42. The number of fused-ring (bicyclic) bond motifs is 1. The van der Waals surface area contributed by atoms with Crippen molar-refractivity contribution in [1.82, 2.24) is 30.0 Å². The molecule has 4 aromatic rings. The summed E-state index contributed by atoms with van der Waals surface area (Å²) in [6.07, 6.45) is 0.830. The summed E-state index contributed by atoms with van der Waals surface area (Å²) < 4.78 is 2.14. The van der Waals surface area contributed by atoms with E-state index in [2.05, 4.69) is 42.5 Å². The average Bonchev–Trinajstić information content (AvgIpc) is 3.42. The fourth-order valence-electron chi connectivity index (χ4n) is 3.88. The zero-order chi connectivity index (χ0) is 21.8. The Hall–Kier alpha value is -3.36. The molecule has 2 aromatic carbocycles. The molecule has 5 rings (SSSR count). The van der Waals surface area contributed by atoms with Gasteiger partial charge in [-0.25, -0.2) is 4.98 Å². The predicted octanol–water partition coefficient (Wildman–Crippen LogP) is 3.39. The number of thiazole rings is 1. The van der Waals surface area contributed by atoms with Crippen molar-refractivity contribution in [3.8, 4) is 11.3 Å². The number of hydrogen-bond donors (Lipinski definition) is 1. The molecule has 0 spiro atoms. The van der Waals surface area contributed by atoms with E-state index in [1.807, 2.05) is 36.4 Å². The molecule has 2 aromatic heterocycles. The lowest BCUT2D eigenvalue weighted by Crippen LogP contribution is -2.28. The molecule has 3 heterocycles. The monoisotopic (exact) mass is 444 g/mol. The van der Waals surface area contributed by atoms with E-state index < -0.39 is 0 Å². The summed E-state index contributed by atoms with van der Waals surface area (Å²) in [7, 11) is 0. The number of amides is 1. The molecule has 1 aliphatic rings. The van der Waals surface area contributed by atoms with Gasteiger partial charge in [0.1, 0.15) is 10.8 Å². The molecular weight excluding hydrogens is 420 g/mol. The van der Waals surface area contributed by atoms with E-state index in [9.17, 15) is 4.79 Å². The SMILES string of the molecule is O=C(NCc1nnc2n1CCN(Cc1nc(-c3ccccc3)cs1)CC2)c1ccccc1. The topological polar surface area (TPSA) is 75.9 Å². The van der Waals surface area contributed by atoms with Crippen molar-refractivity contribution >= 4 is 17.2 Å². The van der Waals surface area contributed by atoms with Crippen LogP contribution < -0.4 is 5.32 Å². The Morgan fingerprint density at radius 2 is 1.75 bits per heavy atom. The first-order chi connectivity index (χ1) is 15.8. The molecule has 162 valence electrons. The second-order valence-corrected chi connectivity index (χ2v) is 8.69. The van der Waals surface area contributed by atoms with Crippen LogP contribution >= 0.6 is 11.3 Å². The van der Waals surface area contributed by atoms with E-state index in [1.54, 1.807) is 23.5 Å². The van der Waals surface area contributed by atoms with Crippen LogP contribution in [0.25, 0.3) is 11.3 Å². The van der Waals surface area contributed by atoms with Crippen molar-refractivity contribution in [2.75, 3.05) is 13.1 Å². The molecule has 8 heteroatoms. The van der Waals surface area contributed by atoms with Crippen molar-refractivity contribution in [3.63, 3.8) is 0 Å². The maximum Gasteiger partial charge on any atom is 0.251 e. The van der Waals surface area contributed by atoms with Gasteiger partial charge in [0.05, 0.1) is 18.8 Å². The number of nitrogens with zero attached hydrogens (tertiary/aromatic N) is 5. The molecule has 1 amide bonds. The minimum absolute atomic E-state index is 0.101. The van der Waals surface area contributed by atoms with E-state index >= 15 is 0 Å². The quantitative estimate of drug-likeness (QED) is 0.493. The number of nitrogens with one attached hydrogen (secondary N) is 1. The normalized spacial score (nSPS) is 14.0. The second-order valence-electron chi connectivity index (χ2n) is 7.75. The van der Waals surface area contributed by atoms with Gasteiger partial charge in [0.2, 0.25) is 0 Å². The van der Waals surface area contributed by atoms with Gasteiger partial charge in [0.15, 0.2) is 5.82 Å². The third-order valence-electron chi connectivity index (χ3n) is 5.62. The lowest BCUT2D eigenvalue weighted by Gasteiger charge is -2.18. The van der Waals surface area contributed by atoms with Crippen molar-refractivity contribution in [2.45, 2.75) is 26.1 Å². The highest BCUT2D eigenvalue weighted by atomic mass is 32.1. The zero-order valence-corrected chi connectivity index (χ0v) is 18.5. The number of benzene rings is 2. The summed E-state index contributed by atoms with van der Waals surface area (Å²) in [5.74, 6) is 1.67. The first-order valence-electron chi connectivity index (χ1n) is 10.7. The van der Waals surface area contributed by atoms with Gasteiger partial charge >= 0.3 is 0 Å². The van der Waals surface area contributed by atoms with Crippen LogP contribution in [-0.4, -0.2) is 43.6 Å².